The van der Waals surface area contributed by atoms with Gasteiger partial charge in [-0.1, -0.05) is 49.7 Å². The molecule has 43 heavy (non-hydrogen) atoms. The van der Waals surface area contributed by atoms with Gasteiger partial charge >= 0.3 is 6.18 Å². The Bertz CT molecular complexity index is 1870. The second-order valence-electron chi connectivity index (χ2n) is 10.0. The summed E-state index contributed by atoms with van der Waals surface area (Å²) >= 11 is 5.99. The Kier molecular flexibility index (Phi) is 7.80. The molecule has 13 heteroatoms. The van der Waals surface area contributed by atoms with Crippen LogP contribution in [0.4, 0.5) is 24.5 Å². The predicted octanol–water partition coefficient (Wildman–Crippen LogP) is 8.45. The maximum Gasteiger partial charge on any atom is 0.433 e. The number of ether oxygens (including phenoxy) is 1. The zero-order valence-electron chi connectivity index (χ0n) is 22.9. The molecule has 0 aliphatic carbocycles. The first-order valence-electron chi connectivity index (χ1n) is 12.9. The van der Waals surface area contributed by atoms with E-state index in [-0.39, 0.29) is 39.9 Å². The molecule has 0 saturated carbocycles. The highest BCUT2D eigenvalue weighted by molar-refractivity contribution is 6.30. The van der Waals surface area contributed by atoms with Crippen molar-refractivity contribution in [3.05, 3.63) is 110 Å². The molecular weight excluding hydrogens is 587 g/mol. The first-order chi connectivity index (χ1) is 20.3. The molecule has 3 aromatic carbocycles. The Morgan fingerprint density at radius 3 is 2.42 bits per heavy atom. The van der Waals surface area contributed by atoms with Gasteiger partial charge in [0.15, 0.2) is 11.3 Å². The van der Waals surface area contributed by atoms with E-state index < -0.39 is 22.7 Å². The number of aromatic nitrogens is 3. The highest BCUT2D eigenvalue weighted by atomic mass is 35.5. The number of fused-ring (bicyclic) bond motifs is 1. The minimum atomic E-state index is -4.81. The second-order valence-corrected chi connectivity index (χ2v) is 10.5. The van der Waals surface area contributed by atoms with E-state index in [1.165, 1.54) is 12.1 Å². The summed E-state index contributed by atoms with van der Waals surface area (Å²) in [5.41, 5.74) is -0.0713. The fraction of sp³-hybridized carbons (Fsp3) is 0.167. The summed E-state index contributed by atoms with van der Waals surface area (Å²) in [7, 11) is 0. The minimum Gasteiger partial charge on any atom is -0.457 e. The number of hydrogen-bond donors (Lipinski definition) is 1. The molecule has 2 heterocycles. The van der Waals surface area contributed by atoms with Gasteiger partial charge < -0.3 is 10.1 Å². The van der Waals surface area contributed by atoms with Crippen molar-refractivity contribution in [3.8, 4) is 22.8 Å². The molecule has 0 atom stereocenters. The molecule has 0 unspecified atom stereocenters. The number of nitrogens with zero attached hydrogens (tertiary/aromatic N) is 4. The van der Waals surface area contributed by atoms with Gasteiger partial charge in [-0.2, -0.15) is 18.3 Å². The fourth-order valence-corrected chi connectivity index (χ4v) is 4.61. The van der Waals surface area contributed by atoms with E-state index in [1.807, 2.05) is 13.8 Å². The van der Waals surface area contributed by atoms with E-state index in [1.54, 1.807) is 49.4 Å². The van der Waals surface area contributed by atoms with Crippen molar-refractivity contribution in [1.29, 1.82) is 0 Å². The van der Waals surface area contributed by atoms with Gasteiger partial charge in [-0.3, -0.25) is 14.9 Å². The van der Waals surface area contributed by atoms with Gasteiger partial charge in [-0.05, 0) is 48.2 Å². The van der Waals surface area contributed by atoms with Crippen molar-refractivity contribution in [2.45, 2.75) is 32.9 Å². The Morgan fingerprint density at radius 1 is 1.07 bits per heavy atom. The molecule has 2 aromatic heterocycles. The number of rotatable bonds is 7. The van der Waals surface area contributed by atoms with Gasteiger partial charge in [0, 0.05) is 22.7 Å². The van der Waals surface area contributed by atoms with Crippen molar-refractivity contribution in [2.75, 3.05) is 5.32 Å². The Morgan fingerprint density at radius 2 is 1.79 bits per heavy atom. The summed E-state index contributed by atoms with van der Waals surface area (Å²) in [6.07, 6.45) is -3.84. The largest absolute Gasteiger partial charge is 0.457 e. The fourth-order valence-electron chi connectivity index (χ4n) is 4.38. The predicted molar refractivity (Wildman–Crippen MR) is 155 cm³/mol. The summed E-state index contributed by atoms with van der Waals surface area (Å²) in [5, 5.41) is 18.4. The van der Waals surface area contributed by atoms with Crippen LogP contribution >= 0.6 is 11.6 Å². The second kappa shape index (κ2) is 11.4. The van der Waals surface area contributed by atoms with Gasteiger partial charge in [0.05, 0.1) is 28.6 Å². The number of anilines is 1. The van der Waals surface area contributed by atoms with Crippen LogP contribution in [0.15, 0.2) is 72.9 Å². The average Bonchev–Trinajstić information content (AvgIpc) is 3.37. The minimum absolute atomic E-state index is 0.00551. The summed E-state index contributed by atoms with van der Waals surface area (Å²) in [6.45, 7) is 5.72. The maximum atomic E-state index is 14.1. The summed E-state index contributed by atoms with van der Waals surface area (Å²) in [6, 6.07) is 16.2. The number of aryl methyl sites for hydroxylation is 1. The van der Waals surface area contributed by atoms with Crippen molar-refractivity contribution in [3.63, 3.8) is 0 Å². The SMILES string of the molecule is Cc1cc(Cl)ccc1Oc1cc(NC(=O)c2cnn3c(C(F)(F)F)cc(-c4ccc(C(C)C)cc4)nc23)cc([N+](=O)[O-])c1. The Hall–Kier alpha value is -4.97. The zero-order valence-corrected chi connectivity index (χ0v) is 23.7. The number of non-ortho nitro benzene ring substituents is 1. The lowest BCUT2D eigenvalue weighted by Gasteiger charge is -2.13. The highest BCUT2D eigenvalue weighted by Crippen LogP contribution is 2.35. The molecule has 5 rings (SSSR count). The smallest absolute Gasteiger partial charge is 0.433 e. The van der Waals surface area contributed by atoms with Crippen molar-refractivity contribution in [2.24, 2.45) is 0 Å². The lowest BCUT2D eigenvalue weighted by Crippen LogP contribution is -2.16. The molecule has 1 amide bonds. The monoisotopic (exact) mass is 609 g/mol. The topological polar surface area (TPSA) is 112 Å². The first-order valence-corrected chi connectivity index (χ1v) is 13.3. The van der Waals surface area contributed by atoms with E-state index >= 15 is 0 Å². The lowest BCUT2D eigenvalue weighted by atomic mass is 10.0. The van der Waals surface area contributed by atoms with Crippen molar-refractivity contribution in [1.82, 2.24) is 14.6 Å². The summed E-state index contributed by atoms with van der Waals surface area (Å²) in [5.74, 6) is -0.241. The molecule has 5 aromatic rings. The van der Waals surface area contributed by atoms with E-state index in [4.69, 9.17) is 16.3 Å². The molecule has 220 valence electrons. The van der Waals surface area contributed by atoms with Crippen LogP contribution in [0.3, 0.4) is 0 Å². The number of benzene rings is 3. The first kappa shape index (κ1) is 29.5. The molecule has 0 spiro atoms. The van der Waals surface area contributed by atoms with Crippen LogP contribution in [0.5, 0.6) is 11.5 Å². The number of amides is 1. The number of nitro benzene ring substituents is 1. The molecule has 0 aliphatic rings. The standard InChI is InChI=1S/C30H23ClF3N5O4/c1-16(2)18-4-6-19(7-5-18)25-14-27(30(32,33)34)38-28(37-25)24(15-35-38)29(40)36-21-11-22(39(41)42)13-23(12-21)43-26-9-8-20(31)10-17(26)3/h4-16H,1-3H3,(H,36,40). The van der Waals surface area contributed by atoms with E-state index in [0.717, 1.165) is 23.9 Å². The van der Waals surface area contributed by atoms with Crippen molar-refractivity contribution >= 4 is 34.5 Å². The molecule has 9 nitrogen and oxygen atoms in total. The van der Waals surface area contributed by atoms with E-state index in [9.17, 15) is 28.1 Å². The number of carbonyl (C=O) groups is 1. The van der Waals surface area contributed by atoms with Crippen LogP contribution in [0.25, 0.3) is 16.9 Å². The number of nitrogens with one attached hydrogen (secondary N) is 1. The van der Waals surface area contributed by atoms with Crippen LogP contribution in [0.2, 0.25) is 5.02 Å². The quantitative estimate of drug-likeness (QED) is 0.146. The third-order valence-corrected chi connectivity index (χ3v) is 6.84. The van der Waals surface area contributed by atoms with E-state index in [0.29, 0.717) is 26.4 Å². The third kappa shape index (κ3) is 6.28. The Labute approximate surface area is 248 Å². The number of halogens is 4. The number of carbonyl (C=O) groups excluding carboxylic acids is 1. The van der Waals surface area contributed by atoms with Crippen molar-refractivity contribution < 1.29 is 27.6 Å². The lowest BCUT2D eigenvalue weighted by molar-refractivity contribution is -0.384. The van der Waals surface area contributed by atoms with Crippen LogP contribution in [-0.4, -0.2) is 25.4 Å². The third-order valence-electron chi connectivity index (χ3n) is 6.60. The van der Waals surface area contributed by atoms with Gasteiger partial charge in [0.1, 0.15) is 17.1 Å². The summed E-state index contributed by atoms with van der Waals surface area (Å²) < 4.78 is 48.5. The van der Waals surface area contributed by atoms with Gasteiger partial charge in [-0.25, -0.2) is 9.50 Å². The Balaban J connectivity index is 1.53. The van der Waals surface area contributed by atoms with Gasteiger partial charge in [-0.15, -0.1) is 0 Å². The molecule has 0 radical (unpaired) electrons. The van der Waals surface area contributed by atoms with Crippen LogP contribution in [-0.2, 0) is 6.18 Å². The normalized spacial score (nSPS) is 11.6. The highest BCUT2D eigenvalue weighted by Gasteiger charge is 2.36. The van der Waals surface area contributed by atoms with Crippen LogP contribution < -0.4 is 10.1 Å². The number of nitro groups is 1. The van der Waals surface area contributed by atoms with Gasteiger partial charge in [0.25, 0.3) is 11.6 Å². The van der Waals surface area contributed by atoms with Crippen LogP contribution in [0.1, 0.15) is 46.9 Å². The zero-order chi connectivity index (χ0) is 31.1. The molecule has 0 saturated heterocycles. The van der Waals surface area contributed by atoms with Crippen LogP contribution in [0, 0.1) is 17.0 Å². The average molecular weight is 610 g/mol. The molecular formula is C30H23ClF3N5O4. The molecule has 0 bridgehead atoms. The number of alkyl halides is 3. The molecule has 1 N–H and O–H groups in total. The van der Waals surface area contributed by atoms with E-state index in [2.05, 4.69) is 15.4 Å². The number of hydrogen-bond acceptors (Lipinski definition) is 6. The summed E-state index contributed by atoms with van der Waals surface area (Å²) in [4.78, 5) is 28.6. The molecule has 0 aliphatic heterocycles. The maximum absolute atomic E-state index is 14.1. The molecule has 0 fully saturated rings. The van der Waals surface area contributed by atoms with Gasteiger partial charge in [0.2, 0.25) is 0 Å².